The number of nitrogens with zero attached hydrogens (tertiary/aromatic N) is 1. The molecule has 0 atom stereocenters. The second-order valence-electron chi connectivity index (χ2n) is 8.38. The summed E-state index contributed by atoms with van der Waals surface area (Å²) in [6, 6.07) is 11.1. The van der Waals surface area contributed by atoms with Crippen LogP contribution < -0.4 is 19.5 Å². The Kier molecular flexibility index (Phi) is 8.22. The van der Waals surface area contributed by atoms with Crippen LogP contribution in [0.5, 0.6) is 17.2 Å². The van der Waals surface area contributed by atoms with E-state index in [-0.39, 0.29) is 12.2 Å². The zero-order valence-corrected chi connectivity index (χ0v) is 21.5. The van der Waals surface area contributed by atoms with Gasteiger partial charge in [-0.3, -0.25) is 9.59 Å². The fraction of sp³-hybridized carbons (Fsp3) is 0.250. The second-order valence-corrected chi connectivity index (χ2v) is 8.38. The van der Waals surface area contributed by atoms with Crippen molar-refractivity contribution >= 4 is 22.6 Å². The second kappa shape index (κ2) is 11.7. The maximum atomic E-state index is 14.2. The van der Waals surface area contributed by atoms with Gasteiger partial charge >= 0.3 is 0 Å². The first kappa shape index (κ1) is 26.6. The van der Waals surface area contributed by atoms with Crippen LogP contribution in [0, 0.1) is 12.7 Å². The number of fused-ring (bicyclic) bond motifs is 1. The minimum absolute atomic E-state index is 0.142. The number of H-pyrrole nitrogens is 1. The van der Waals surface area contributed by atoms with Crippen molar-refractivity contribution in [1.29, 1.82) is 0 Å². The molecule has 2 aromatic carbocycles. The predicted molar refractivity (Wildman–Crippen MR) is 140 cm³/mol. The van der Waals surface area contributed by atoms with Crippen LogP contribution in [0.25, 0.3) is 22.2 Å². The van der Waals surface area contributed by atoms with Gasteiger partial charge in [0.05, 0.1) is 32.9 Å². The summed E-state index contributed by atoms with van der Waals surface area (Å²) in [5, 5.41) is 3.24. The van der Waals surface area contributed by atoms with Crippen LogP contribution >= 0.6 is 0 Å². The number of ether oxygens (including phenoxy) is 4. The highest BCUT2D eigenvalue weighted by Gasteiger charge is 2.21. The molecule has 10 heteroatoms. The lowest BCUT2D eigenvalue weighted by Gasteiger charge is -2.13. The van der Waals surface area contributed by atoms with Crippen molar-refractivity contribution < 1.29 is 32.9 Å². The molecule has 0 aliphatic heterocycles. The average Bonchev–Trinajstić information content (AvgIpc) is 3.36. The number of nitrogens with one attached hydrogen (secondary N) is 2. The van der Waals surface area contributed by atoms with Gasteiger partial charge in [-0.1, -0.05) is 12.1 Å². The van der Waals surface area contributed by atoms with Crippen LogP contribution in [0.15, 0.2) is 48.7 Å². The number of rotatable bonds is 11. The van der Waals surface area contributed by atoms with Gasteiger partial charge in [0.25, 0.3) is 5.91 Å². The van der Waals surface area contributed by atoms with E-state index in [4.69, 9.17) is 18.9 Å². The molecule has 0 radical (unpaired) electrons. The first-order valence-corrected chi connectivity index (χ1v) is 11.8. The molecule has 0 aliphatic rings. The third-order valence-corrected chi connectivity index (χ3v) is 5.95. The van der Waals surface area contributed by atoms with E-state index in [1.165, 1.54) is 26.4 Å². The number of aryl methyl sites for hydroxylation is 1. The summed E-state index contributed by atoms with van der Waals surface area (Å²) in [6.45, 7) is 2.24. The summed E-state index contributed by atoms with van der Waals surface area (Å²) in [7, 11) is 4.55. The number of carbonyl (C=O) groups excluding carboxylic acids is 2. The molecule has 0 bridgehead atoms. The Labute approximate surface area is 218 Å². The number of methoxy groups -OCH3 is 3. The Hall–Kier alpha value is -4.44. The van der Waals surface area contributed by atoms with Crippen molar-refractivity contribution in [2.75, 3.05) is 41.1 Å². The van der Waals surface area contributed by atoms with Gasteiger partial charge in [0.1, 0.15) is 29.6 Å². The number of hydrogen-bond acceptors (Lipinski definition) is 7. The van der Waals surface area contributed by atoms with Crippen molar-refractivity contribution in [3.8, 4) is 28.5 Å². The molecule has 0 fully saturated rings. The zero-order valence-electron chi connectivity index (χ0n) is 21.5. The van der Waals surface area contributed by atoms with Gasteiger partial charge in [0.2, 0.25) is 0 Å². The molecule has 198 valence electrons. The summed E-state index contributed by atoms with van der Waals surface area (Å²) in [6.07, 6.45) is 1.63. The number of ketones is 1. The lowest BCUT2D eigenvalue weighted by molar-refractivity contribution is 0.0902. The molecule has 38 heavy (non-hydrogen) atoms. The smallest absolute Gasteiger partial charge is 0.251 e. The van der Waals surface area contributed by atoms with Gasteiger partial charge in [-0.25, -0.2) is 9.37 Å². The number of halogens is 1. The number of carbonyl (C=O) groups is 2. The third kappa shape index (κ3) is 5.45. The SMILES string of the molecule is COCCOc1ccc(C(=O)NCC(=O)c2cc(C)c(OC)c(-c3c[nH]c4c(F)cccc34)n2)cc1OC. The van der Waals surface area contributed by atoms with Gasteiger partial charge in [0, 0.05) is 29.8 Å². The molecule has 2 aromatic heterocycles. The lowest BCUT2D eigenvalue weighted by Crippen LogP contribution is -2.30. The maximum Gasteiger partial charge on any atom is 0.251 e. The summed E-state index contributed by atoms with van der Waals surface area (Å²) >= 11 is 0. The Morgan fingerprint density at radius 1 is 1.03 bits per heavy atom. The Balaban J connectivity index is 1.54. The highest BCUT2D eigenvalue weighted by Crippen LogP contribution is 2.36. The molecule has 0 spiro atoms. The Morgan fingerprint density at radius 3 is 2.58 bits per heavy atom. The van der Waals surface area contributed by atoms with Crippen LogP contribution in [-0.4, -0.2) is 62.7 Å². The molecular weight excluding hydrogens is 493 g/mol. The molecule has 4 rings (SSSR count). The quantitative estimate of drug-likeness (QED) is 0.223. The predicted octanol–water partition coefficient (Wildman–Crippen LogP) is 4.33. The van der Waals surface area contributed by atoms with Crippen LogP contribution in [0.1, 0.15) is 26.4 Å². The molecule has 1 amide bonds. The zero-order chi connectivity index (χ0) is 27.2. The van der Waals surface area contributed by atoms with Crippen molar-refractivity contribution in [3.05, 3.63) is 71.3 Å². The number of aromatic nitrogens is 2. The number of aromatic amines is 1. The van der Waals surface area contributed by atoms with E-state index in [0.717, 1.165) is 0 Å². The molecule has 0 aliphatic carbocycles. The van der Waals surface area contributed by atoms with Gasteiger partial charge in [-0.05, 0) is 42.8 Å². The van der Waals surface area contributed by atoms with Gasteiger partial charge in [-0.2, -0.15) is 0 Å². The topological polar surface area (TPSA) is 112 Å². The van der Waals surface area contributed by atoms with Crippen molar-refractivity contribution in [3.63, 3.8) is 0 Å². The molecule has 0 unspecified atom stereocenters. The fourth-order valence-electron chi connectivity index (χ4n) is 4.07. The van der Waals surface area contributed by atoms with Crippen LogP contribution in [0.2, 0.25) is 0 Å². The number of hydrogen-bond donors (Lipinski definition) is 2. The molecule has 2 N–H and O–H groups in total. The minimum Gasteiger partial charge on any atom is -0.494 e. The summed E-state index contributed by atoms with van der Waals surface area (Å²) < 4.78 is 35.7. The highest BCUT2D eigenvalue weighted by molar-refractivity contribution is 6.03. The van der Waals surface area contributed by atoms with E-state index in [0.29, 0.717) is 63.7 Å². The maximum absolute atomic E-state index is 14.2. The van der Waals surface area contributed by atoms with E-state index >= 15 is 0 Å². The van der Waals surface area contributed by atoms with E-state index in [2.05, 4.69) is 15.3 Å². The number of para-hydroxylation sites is 1. The monoisotopic (exact) mass is 521 g/mol. The highest BCUT2D eigenvalue weighted by atomic mass is 19.1. The Morgan fingerprint density at radius 2 is 1.84 bits per heavy atom. The van der Waals surface area contributed by atoms with Gasteiger partial charge in [0.15, 0.2) is 17.3 Å². The normalized spacial score (nSPS) is 10.9. The van der Waals surface area contributed by atoms with Gasteiger partial charge < -0.3 is 29.2 Å². The van der Waals surface area contributed by atoms with Crippen LogP contribution in [-0.2, 0) is 4.74 Å². The van der Waals surface area contributed by atoms with Crippen LogP contribution in [0.4, 0.5) is 4.39 Å². The lowest BCUT2D eigenvalue weighted by atomic mass is 10.0. The van der Waals surface area contributed by atoms with Crippen LogP contribution in [0.3, 0.4) is 0 Å². The number of Topliss-reactive ketones (excluding diaryl/α,β-unsaturated/α-hetero) is 1. The molecular formula is C28H28FN3O6. The largest absolute Gasteiger partial charge is 0.494 e. The standard InChI is InChI=1S/C28H28FN3O6/c1-16-12-21(32-26(27(16)37-4)19-14-30-25-18(19)6-5-7-20(25)29)22(33)15-31-28(34)17-8-9-23(24(13-17)36-3)38-11-10-35-2/h5-9,12-14,30H,10-11,15H2,1-4H3,(H,31,34). The van der Waals surface area contributed by atoms with E-state index in [1.54, 1.807) is 50.6 Å². The molecule has 9 nitrogen and oxygen atoms in total. The number of pyridine rings is 1. The van der Waals surface area contributed by atoms with Gasteiger partial charge in [-0.15, -0.1) is 0 Å². The molecule has 2 heterocycles. The molecule has 0 saturated heterocycles. The molecule has 4 aromatic rings. The van der Waals surface area contributed by atoms with Crippen molar-refractivity contribution in [1.82, 2.24) is 15.3 Å². The number of amides is 1. The summed E-state index contributed by atoms with van der Waals surface area (Å²) in [5.74, 6) is 0.0638. The fourth-order valence-corrected chi connectivity index (χ4v) is 4.07. The molecule has 0 saturated carbocycles. The van der Waals surface area contributed by atoms with E-state index in [9.17, 15) is 14.0 Å². The summed E-state index contributed by atoms with van der Waals surface area (Å²) in [5.41, 5.74) is 2.44. The third-order valence-electron chi connectivity index (χ3n) is 5.95. The Bertz CT molecular complexity index is 1480. The van der Waals surface area contributed by atoms with Crippen molar-refractivity contribution in [2.45, 2.75) is 6.92 Å². The van der Waals surface area contributed by atoms with Crippen molar-refractivity contribution in [2.24, 2.45) is 0 Å². The first-order valence-electron chi connectivity index (χ1n) is 11.8. The van der Waals surface area contributed by atoms with E-state index < -0.39 is 17.5 Å². The first-order chi connectivity index (χ1) is 18.4. The number of benzene rings is 2. The average molecular weight is 522 g/mol. The van der Waals surface area contributed by atoms with E-state index in [1.807, 2.05) is 0 Å². The minimum atomic E-state index is -0.461. The summed E-state index contributed by atoms with van der Waals surface area (Å²) in [4.78, 5) is 33.3.